The molecular weight excluding hydrogens is 875 g/mol. The van der Waals surface area contributed by atoms with E-state index in [1.54, 1.807) is 0 Å². The Hall–Kier alpha value is -9.64. The van der Waals surface area contributed by atoms with Crippen LogP contribution in [-0.4, -0.2) is 4.57 Å². The number of para-hydroxylation sites is 4. The molecule has 1 aromatic heterocycles. The van der Waals surface area contributed by atoms with Crippen molar-refractivity contribution in [1.29, 1.82) is 0 Å². The second-order valence-corrected chi connectivity index (χ2v) is 18.1. The molecule has 0 saturated carbocycles. The average molecular weight is 922 g/mol. The molecule has 1 aliphatic heterocycles. The maximum Gasteiger partial charge on any atom is 0.178 e. The van der Waals surface area contributed by atoms with Crippen molar-refractivity contribution < 1.29 is 4.74 Å². The minimum Gasteiger partial charge on any atom is -0.450 e. The summed E-state index contributed by atoms with van der Waals surface area (Å²) in [5.74, 6) is 2.63. The molecule has 0 aliphatic carbocycles. The van der Waals surface area contributed by atoms with Crippen LogP contribution in [0.25, 0.3) is 72.2 Å². The fourth-order valence-corrected chi connectivity index (χ4v) is 10.3. The van der Waals surface area contributed by atoms with Gasteiger partial charge in [-0.05, 0) is 129 Å². The van der Waals surface area contributed by atoms with Gasteiger partial charge in [-0.15, -0.1) is 0 Å². The maximum absolute atomic E-state index is 7.17. The number of aromatic nitrogens is 1. The van der Waals surface area contributed by atoms with Crippen LogP contribution in [0.5, 0.6) is 11.5 Å². The number of fused-ring (bicyclic) bond motifs is 4. The van der Waals surface area contributed by atoms with Crippen molar-refractivity contribution in [2.45, 2.75) is 0 Å². The van der Waals surface area contributed by atoms with Crippen LogP contribution in [0.1, 0.15) is 0 Å². The van der Waals surface area contributed by atoms with E-state index in [4.69, 9.17) is 4.74 Å². The first kappa shape index (κ1) is 42.5. The van der Waals surface area contributed by atoms with Gasteiger partial charge in [0.05, 0.1) is 11.2 Å². The maximum atomic E-state index is 7.17. The number of ether oxygens (including phenoxy) is 1. The number of benzene rings is 11. The molecule has 0 unspecified atom stereocenters. The highest BCUT2D eigenvalue weighted by atomic mass is 16.5. The van der Waals surface area contributed by atoms with Gasteiger partial charge in [-0.1, -0.05) is 206 Å². The summed E-state index contributed by atoms with van der Waals surface area (Å²) in [6, 6.07) is 102. The van der Waals surface area contributed by atoms with Gasteiger partial charge >= 0.3 is 0 Å². The molecule has 0 spiro atoms. The quantitative estimate of drug-likeness (QED) is 0.136. The van der Waals surface area contributed by atoms with Crippen LogP contribution in [0.3, 0.4) is 0 Å². The van der Waals surface area contributed by atoms with Crippen LogP contribution in [0, 0.1) is 0 Å². The van der Waals surface area contributed by atoms with Gasteiger partial charge in [-0.25, -0.2) is 0 Å². The van der Waals surface area contributed by atoms with Crippen molar-refractivity contribution >= 4 is 45.2 Å². The third-order valence-electron chi connectivity index (χ3n) is 13.8. The molecule has 0 amide bonds. The summed E-state index contributed by atoms with van der Waals surface area (Å²) in [4.78, 5) is 4.69. The topological polar surface area (TPSA) is 20.6 Å². The summed E-state index contributed by atoms with van der Waals surface area (Å²) in [6.07, 6.45) is 0. The third kappa shape index (κ3) is 7.68. The predicted octanol–water partition coefficient (Wildman–Crippen LogP) is 19.0. The van der Waals surface area contributed by atoms with E-state index in [1.165, 1.54) is 33.4 Å². The molecule has 12 aromatic rings. The SMILES string of the molecule is c1ccc(-c2ccc(N(c3ccc(-c4ccc(-c5cccc6c5Oc5c(n(-c7ccccc7)c7ccccc57)N6c5ccccc5)cc4)cc3)c3ccc(-c4ccccc4-c4ccccc4)cc3)cc2)cc1. The Morgan fingerprint density at radius 1 is 0.278 bits per heavy atom. The lowest BCUT2D eigenvalue weighted by molar-refractivity contribution is 0.483. The Balaban J connectivity index is 0.841. The van der Waals surface area contributed by atoms with Crippen molar-refractivity contribution in [3.05, 3.63) is 285 Å². The van der Waals surface area contributed by atoms with Crippen LogP contribution in [0.4, 0.5) is 34.3 Å². The standard InChI is InChI=1S/C68H47N3O/c1-5-18-48(19-6-1)50-36-42-57(43-37-50)69(59-46-40-53(41-47-59)61-27-14-13-26-60(61)52-20-7-2-8-21-52)58-44-38-51(39-45-58)49-32-34-54(35-33-49)62-29-17-31-65-66(62)72-67-63-28-15-16-30-64(63)70(55-22-9-3-10-23-55)68(67)71(65)56-24-11-4-12-25-56/h1-47H. The fraction of sp³-hybridized carbons (Fsp3) is 0. The molecule has 72 heavy (non-hydrogen) atoms. The van der Waals surface area contributed by atoms with Crippen molar-refractivity contribution in [3.8, 4) is 72.8 Å². The molecule has 0 saturated heterocycles. The number of anilines is 6. The van der Waals surface area contributed by atoms with Gasteiger partial charge in [0, 0.05) is 39.4 Å². The third-order valence-corrected chi connectivity index (χ3v) is 13.8. The Kier molecular flexibility index (Phi) is 10.8. The monoisotopic (exact) mass is 921 g/mol. The lowest BCUT2D eigenvalue weighted by atomic mass is 9.94. The van der Waals surface area contributed by atoms with Crippen LogP contribution in [-0.2, 0) is 0 Å². The van der Waals surface area contributed by atoms with E-state index >= 15 is 0 Å². The van der Waals surface area contributed by atoms with E-state index < -0.39 is 0 Å². The van der Waals surface area contributed by atoms with Gasteiger partial charge in [0.25, 0.3) is 0 Å². The molecule has 0 atom stereocenters. The predicted molar refractivity (Wildman–Crippen MR) is 300 cm³/mol. The lowest BCUT2D eigenvalue weighted by Crippen LogP contribution is -2.18. The summed E-state index contributed by atoms with van der Waals surface area (Å²) in [7, 11) is 0. The first-order valence-corrected chi connectivity index (χ1v) is 24.5. The zero-order chi connectivity index (χ0) is 47.8. The average Bonchev–Trinajstić information content (AvgIpc) is 3.79. The second-order valence-electron chi connectivity index (χ2n) is 18.1. The minimum atomic E-state index is 0.826. The Morgan fingerprint density at radius 3 is 1.24 bits per heavy atom. The summed E-state index contributed by atoms with van der Waals surface area (Å²) in [5, 5.41) is 1.06. The van der Waals surface area contributed by atoms with E-state index in [2.05, 4.69) is 299 Å². The normalized spacial score (nSPS) is 11.7. The molecular formula is C68H47N3O. The molecule has 340 valence electrons. The molecule has 4 nitrogen and oxygen atoms in total. The fourth-order valence-electron chi connectivity index (χ4n) is 10.3. The second kappa shape index (κ2) is 18.4. The zero-order valence-corrected chi connectivity index (χ0v) is 39.4. The highest BCUT2D eigenvalue weighted by Crippen LogP contribution is 2.57. The molecule has 0 fully saturated rings. The molecule has 2 heterocycles. The number of rotatable bonds is 10. The van der Waals surface area contributed by atoms with E-state index in [9.17, 15) is 0 Å². The Labute approximate surface area is 420 Å². The molecule has 4 heteroatoms. The summed E-state index contributed by atoms with van der Waals surface area (Å²) >= 11 is 0. The molecule has 11 aromatic carbocycles. The van der Waals surface area contributed by atoms with E-state index in [0.29, 0.717) is 0 Å². The van der Waals surface area contributed by atoms with Gasteiger partial charge in [0.2, 0.25) is 0 Å². The Bertz CT molecular complexity index is 3830. The highest BCUT2D eigenvalue weighted by Gasteiger charge is 2.34. The van der Waals surface area contributed by atoms with Gasteiger partial charge < -0.3 is 9.64 Å². The number of nitrogens with zero attached hydrogens (tertiary/aromatic N) is 3. The van der Waals surface area contributed by atoms with Crippen LogP contribution in [0.15, 0.2) is 285 Å². The van der Waals surface area contributed by atoms with E-state index in [1.807, 2.05) is 0 Å². The molecule has 13 rings (SSSR count). The number of hydrogen-bond acceptors (Lipinski definition) is 3. The zero-order valence-electron chi connectivity index (χ0n) is 39.4. The molecule has 1 aliphatic rings. The number of hydrogen-bond donors (Lipinski definition) is 0. The summed E-state index contributed by atoms with van der Waals surface area (Å²) in [5.41, 5.74) is 19.0. The largest absolute Gasteiger partial charge is 0.450 e. The van der Waals surface area contributed by atoms with Crippen molar-refractivity contribution in [2.24, 2.45) is 0 Å². The molecule has 0 N–H and O–H groups in total. The minimum absolute atomic E-state index is 0.826. The van der Waals surface area contributed by atoms with E-state index in [-0.39, 0.29) is 0 Å². The summed E-state index contributed by atoms with van der Waals surface area (Å²) in [6.45, 7) is 0. The van der Waals surface area contributed by atoms with Crippen LogP contribution < -0.4 is 14.5 Å². The molecule has 0 radical (unpaired) electrons. The van der Waals surface area contributed by atoms with Gasteiger partial charge in [0.1, 0.15) is 0 Å². The first-order valence-electron chi connectivity index (χ1n) is 24.5. The van der Waals surface area contributed by atoms with Crippen LogP contribution >= 0.6 is 0 Å². The van der Waals surface area contributed by atoms with Crippen molar-refractivity contribution in [3.63, 3.8) is 0 Å². The van der Waals surface area contributed by atoms with Crippen molar-refractivity contribution in [1.82, 2.24) is 4.57 Å². The van der Waals surface area contributed by atoms with Crippen LogP contribution in [0.2, 0.25) is 0 Å². The molecule has 0 bridgehead atoms. The Morgan fingerprint density at radius 2 is 0.667 bits per heavy atom. The smallest absolute Gasteiger partial charge is 0.178 e. The first-order chi connectivity index (χ1) is 35.7. The van der Waals surface area contributed by atoms with Crippen molar-refractivity contribution in [2.75, 3.05) is 9.80 Å². The van der Waals surface area contributed by atoms with Gasteiger partial charge in [-0.3, -0.25) is 9.47 Å². The highest BCUT2D eigenvalue weighted by molar-refractivity contribution is 6.02. The van der Waals surface area contributed by atoms with Gasteiger partial charge in [-0.2, -0.15) is 0 Å². The van der Waals surface area contributed by atoms with Gasteiger partial charge in [0.15, 0.2) is 17.3 Å². The summed E-state index contributed by atoms with van der Waals surface area (Å²) < 4.78 is 9.48. The van der Waals surface area contributed by atoms with E-state index in [0.717, 1.165) is 84.6 Å². The lowest BCUT2D eigenvalue weighted by Gasteiger charge is -2.33.